The van der Waals surface area contributed by atoms with E-state index >= 15 is 0 Å². The van der Waals surface area contributed by atoms with Gasteiger partial charge >= 0.3 is 0 Å². The number of aromatic nitrogens is 1. The van der Waals surface area contributed by atoms with Gasteiger partial charge in [0.1, 0.15) is 5.82 Å². The number of fused-ring (bicyclic) bond motifs is 1. The van der Waals surface area contributed by atoms with Gasteiger partial charge in [0.25, 0.3) is 0 Å². The first-order valence-corrected chi connectivity index (χ1v) is 7.15. The molecule has 0 amide bonds. The SMILES string of the molecule is Cc1ccc2nc(NN)c(Cc3ccc(Cl)cc3)cc2c1. The van der Waals surface area contributed by atoms with Gasteiger partial charge in [0.05, 0.1) is 5.52 Å². The van der Waals surface area contributed by atoms with Crippen molar-refractivity contribution in [2.75, 3.05) is 5.43 Å². The number of benzene rings is 2. The zero-order chi connectivity index (χ0) is 14.8. The molecule has 0 saturated carbocycles. The number of nitrogens with zero attached hydrogens (tertiary/aromatic N) is 1. The number of aryl methyl sites for hydroxylation is 1. The third-order valence-corrected chi connectivity index (χ3v) is 3.75. The van der Waals surface area contributed by atoms with Crippen molar-refractivity contribution in [3.05, 3.63) is 70.2 Å². The minimum atomic E-state index is 0.710. The molecule has 0 aliphatic rings. The molecule has 0 saturated heterocycles. The van der Waals surface area contributed by atoms with Gasteiger partial charge in [0.2, 0.25) is 0 Å². The highest BCUT2D eigenvalue weighted by Crippen LogP contribution is 2.24. The van der Waals surface area contributed by atoms with Crippen molar-refractivity contribution in [1.82, 2.24) is 4.98 Å². The maximum absolute atomic E-state index is 5.92. The van der Waals surface area contributed by atoms with Crippen LogP contribution in [0, 0.1) is 6.92 Å². The first-order valence-electron chi connectivity index (χ1n) is 6.77. The quantitative estimate of drug-likeness (QED) is 0.566. The van der Waals surface area contributed by atoms with Crippen LogP contribution in [0.15, 0.2) is 48.5 Å². The number of nitrogens with two attached hydrogens (primary N) is 1. The molecule has 0 aliphatic heterocycles. The van der Waals surface area contributed by atoms with Crippen molar-refractivity contribution < 1.29 is 0 Å². The predicted molar refractivity (Wildman–Crippen MR) is 88.5 cm³/mol. The Labute approximate surface area is 128 Å². The molecule has 3 rings (SSSR count). The molecule has 3 N–H and O–H groups in total. The number of hydrogen-bond donors (Lipinski definition) is 2. The highest BCUT2D eigenvalue weighted by Gasteiger charge is 2.07. The van der Waals surface area contributed by atoms with Gasteiger partial charge in [0, 0.05) is 22.4 Å². The lowest BCUT2D eigenvalue weighted by molar-refractivity contribution is 1.14. The monoisotopic (exact) mass is 297 g/mol. The minimum Gasteiger partial charge on any atom is -0.308 e. The van der Waals surface area contributed by atoms with Crippen LogP contribution in [0.5, 0.6) is 0 Å². The van der Waals surface area contributed by atoms with E-state index in [1.165, 1.54) is 11.1 Å². The Morgan fingerprint density at radius 1 is 1.10 bits per heavy atom. The maximum Gasteiger partial charge on any atom is 0.144 e. The van der Waals surface area contributed by atoms with Crippen LogP contribution < -0.4 is 11.3 Å². The highest BCUT2D eigenvalue weighted by atomic mass is 35.5. The summed E-state index contributed by atoms with van der Waals surface area (Å²) in [6.45, 7) is 2.08. The van der Waals surface area contributed by atoms with Gasteiger partial charge in [-0.05, 0) is 42.8 Å². The van der Waals surface area contributed by atoms with Crippen molar-refractivity contribution in [2.45, 2.75) is 13.3 Å². The molecule has 0 fully saturated rings. The lowest BCUT2D eigenvalue weighted by Crippen LogP contribution is -2.11. The molecule has 1 aromatic heterocycles. The van der Waals surface area contributed by atoms with Gasteiger partial charge in [-0.15, -0.1) is 0 Å². The van der Waals surface area contributed by atoms with E-state index < -0.39 is 0 Å². The number of nitrogen functional groups attached to an aromatic ring is 1. The fourth-order valence-corrected chi connectivity index (χ4v) is 2.55. The summed E-state index contributed by atoms with van der Waals surface area (Å²) in [5, 5.41) is 1.86. The zero-order valence-corrected chi connectivity index (χ0v) is 12.5. The number of hydrogen-bond acceptors (Lipinski definition) is 3. The lowest BCUT2D eigenvalue weighted by Gasteiger charge is -2.11. The molecule has 0 unspecified atom stereocenters. The van der Waals surface area contributed by atoms with Crippen LogP contribution in [-0.4, -0.2) is 4.98 Å². The Morgan fingerprint density at radius 3 is 2.57 bits per heavy atom. The fraction of sp³-hybridized carbons (Fsp3) is 0.118. The smallest absolute Gasteiger partial charge is 0.144 e. The highest BCUT2D eigenvalue weighted by molar-refractivity contribution is 6.30. The summed E-state index contributed by atoms with van der Waals surface area (Å²) in [4.78, 5) is 4.59. The maximum atomic E-state index is 5.92. The Balaban J connectivity index is 2.05. The number of halogens is 1. The van der Waals surface area contributed by atoms with E-state index in [1.54, 1.807) is 0 Å². The second-order valence-corrected chi connectivity index (χ2v) is 5.58. The molecular formula is C17H16ClN3. The molecule has 3 nitrogen and oxygen atoms in total. The van der Waals surface area contributed by atoms with Gasteiger partial charge in [-0.2, -0.15) is 0 Å². The van der Waals surface area contributed by atoms with Crippen LogP contribution in [0.1, 0.15) is 16.7 Å². The van der Waals surface area contributed by atoms with E-state index in [0.29, 0.717) is 5.82 Å². The van der Waals surface area contributed by atoms with Crippen molar-refractivity contribution in [1.29, 1.82) is 0 Å². The molecule has 4 heteroatoms. The summed E-state index contributed by atoms with van der Waals surface area (Å²) >= 11 is 5.92. The molecule has 0 atom stereocenters. The van der Waals surface area contributed by atoms with E-state index in [-0.39, 0.29) is 0 Å². The van der Waals surface area contributed by atoms with Crippen LogP contribution in [0.4, 0.5) is 5.82 Å². The number of anilines is 1. The molecule has 0 aliphatic carbocycles. The molecule has 0 radical (unpaired) electrons. The second-order valence-electron chi connectivity index (χ2n) is 5.14. The summed E-state index contributed by atoms with van der Waals surface area (Å²) in [5.74, 6) is 6.33. The minimum absolute atomic E-state index is 0.710. The summed E-state index contributed by atoms with van der Waals surface area (Å²) < 4.78 is 0. The van der Waals surface area contributed by atoms with Crippen LogP contribution in [0.3, 0.4) is 0 Å². The van der Waals surface area contributed by atoms with Crippen molar-refractivity contribution >= 4 is 28.3 Å². The Morgan fingerprint density at radius 2 is 1.86 bits per heavy atom. The molecule has 21 heavy (non-hydrogen) atoms. The number of hydrazine groups is 1. The van der Waals surface area contributed by atoms with E-state index in [2.05, 4.69) is 35.5 Å². The average Bonchev–Trinajstić information content (AvgIpc) is 2.49. The van der Waals surface area contributed by atoms with Gasteiger partial charge in [-0.25, -0.2) is 10.8 Å². The van der Waals surface area contributed by atoms with Gasteiger partial charge in [0.15, 0.2) is 0 Å². The Hall–Kier alpha value is -2.10. The molecule has 106 valence electrons. The fourth-order valence-electron chi connectivity index (χ4n) is 2.42. The summed E-state index contributed by atoms with van der Waals surface area (Å²) in [6.07, 6.45) is 0.758. The largest absolute Gasteiger partial charge is 0.308 e. The standard InChI is InChI=1S/C17H16ClN3/c1-11-2-7-16-13(8-11)10-14(17(20-16)21-19)9-12-3-5-15(18)6-4-12/h2-8,10H,9,19H2,1H3,(H,20,21). The molecule has 1 heterocycles. The van der Waals surface area contributed by atoms with Gasteiger partial charge in [-0.3, -0.25) is 0 Å². The molecule has 2 aromatic carbocycles. The Bertz CT molecular complexity index is 782. The third kappa shape index (κ3) is 2.99. The summed E-state index contributed by atoms with van der Waals surface area (Å²) in [6, 6.07) is 16.2. The van der Waals surface area contributed by atoms with Crippen LogP contribution in [-0.2, 0) is 6.42 Å². The molecular weight excluding hydrogens is 282 g/mol. The first kappa shape index (κ1) is 13.9. The first-order chi connectivity index (χ1) is 10.2. The van der Waals surface area contributed by atoms with Gasteiger partial charge in [-0.1, -0.05) is 35.4 Å². The van der Waals surface area contributed by atoms with Gasteiger partial charge < -0.3 is 5.43 Å². The number of rotatable bonds is 3. The van der Waals surface area contributed by atoms with Crippen LogP contribution >= 0.6 is 11.6 Å². The number of nitrogens with one attached hydrogen (secondary N) is 1. The summed E-state index contributed by atoms with van der Waals surface area (Å²) in [7, 11) is 0. The van der Waals surface area contributed by atoms with Crippen LogP contribution in [0.25, 0.3) is 10.9 Å². The summed E-state index contributed by atoms with van der Waals surface area (Å²) in [5.41, 5.74) is 7.09. The third-order valence-electron chi connectivity index (χ3n) is 3.49. The van der Waals surface area contributed by atoms with E-state index in [4.69, 9.17) is 17.4 Å². The number of pyridine rings is 1. The topological polar surface area (TPSA) is 50.9 Å². The molecule has 0 bridgehead atoms. The normalized spacial score (nSPS) is 10.8. The lowest BCUT2D eigenvalue weighted by atomic mass is 10.0. The van der Waals surface area contributed by atoms with Crippen molar-refractivity contribution in [3.63, 3.8) is 0 Å². The second kappa shape index (κ2) is 5.72. The van der Waals surface area contributed by atoms with E-state index in [0.717, 1.165) is 27.9 Å². The predicted octanol–water partition coefficient (Wildman–Crippen LogP) is 4.07. The average molecular weight is 298 g/mol. The van der Waals surface area contributed by atoms with E-state index in [1.807, 2.05) is 30.3 Å². The van der Waals surface area contributed by atoms with Crippen LogP contribution in [0.2, 0.25) is 5.02 Å². The molecule has 0 spiro atoms. The van der Waals surface area contributed by atoms with Crippen molar-refractivity contribution in [2.24, 2.45) is 5.84 Å². The Kier molecular flexibility index (Phi) is 3.78. The molecule has 3 aromatic rings. The zero-order valence-electron chi connectivity index (χ0n) is 11.7. The van der Waals surface area contributed by atoms with Crippen molar-refractivity contribution in [3.8, 4) is 0 Å². The van der Waals surface area contributed by atoms with E-state index in [9.17, 15) is 0 Å².